The Morgan fingerprint density at radius 2 is 2.21 bits per heavy atom. The molecule has 0 aliphatic heterocycles. The van der Waals surface area contributed by atoms with Crippen LogP contribution in [0.25, 0.3) is 0 Å². The maximum atomic E-state index is 11.5. The van der Waals surface area contributed by atoms with Gasteiger partial charge >= 0.3 is 5.97 Å². The first kappa shape index (κ1) is 11.0. The highest BCUT2D eigenvalue weighted by atomic mass is 79.9. The second-order valence-corrected chi connectivity index (χ2v) is 4.31. The lowest BCUT2D eigenvalue weighted by molar-refractivity contribution is 0.0157. The number of rotatable bonds is 2. The van der Waals surface area contributed by atoms with Gasteiger partial charge in [0.1, 0.15) is 17.2 Å². The molecule has 1 rings (SSSR count). The van der Waals surface area contributed by atoms with Crippen LogP contribution in [0.2, 0.25) is 0 Å². The van der Waals surface area contributed by atoms with Gasteiger partial charge in [0.15, 0.2) is 0 Å². The normalized spacial score (nSPS) is 11.1. The molecule has 74 valence electrons. The van der Waals surface area contributed by atoms with Gasteiger partial charge < -0.3 is 4.74 Å². The van der Waals surface area contributed by atoms with Crippen molar-refractivity contribution in [3.8, 4) is 0 Å². The summed E-state index contributed by atoms with van der Waals surface area (Å²) >= 11 is 3.18. The second kappa shape index (κ2) is 4.00. The topological polar surface area (TPSA) is 39.2 Å². The summed E-state index contributed by atoms with van der Waals surface area (Å²) in [6.07, 6.45) is 0. The highest BCUT2D eigenvalue weighted by molar-refractivity contribution is 9.10. The van der Waals surface area contributed by atoms with Crippen molar-refractivity contribution < 1.29 is 9.53 Å². The van der Waals surface area contributed by atoms with Gasteiger partial charge in [-0.2, -0.15) is 0 Å². The molecule has 0 radical (unpaired) electrons. The number of nitrogens with zero attached hydrogens (tertiary/aromatic N) is 1. The lowest BCUT2D eigenvalue weighted by Crippen LogP contribution is -2.24. The number of ether oxygens (including phenoxy) is 1. The Morgan fingerprint density at radius 1 is 1.57 bits per heavy atom. The fraction of sp³-hybridized carbons (Fsp3) is 0.300. The lowest BCUT2D eigenvalue weighted by atomic mass is 10.2. The maximum Gasteiger partial charge on any atom is 0.360 e. The summed E-state index contributed by atoms with van der Waals surface area (Å²) in [5.41, 5.74) is -0.461. The molecule has 14 heavy (non-hydrogen) atoms. The molecule has 1 aromatic heterocycles. The minimum atomic E-state index is -0.735. The van der Waals surface area contributed by atoms with E-state index in [1.54, 1.807) is 32.0 Å². The van der Waals surface area contributed by atoms with Crippen molar-refractivity contribution in [3.05, 3.63) is 35.4 Å². The summed E-state index contributed by atoms with van der Waals surface area (Å²) < 4.78 is 5.65. The van der Waals surface area contributed by atoms with Crippen LogP contribution in [0.15, 0.2) is 22.8 Å². The van der Waals surface area contributed by atoms with Crippen molar-refractivity contribution in [1.82, 2.24) is 4.98 Å². The maximum absolute atomic E-state index is 11.5. The van der Waals surface area contributed by atoms with Crippen LogP contribution in [0.4, 0.5) is 0 Å². The second-order valence-electron chi connectivity index (χ2n) is 3.49. The largest absolute Gasteiger partial charge is 0.414 e. The van der Waals surface area contributed by atoms with E-state index in [1.807, 2.05) is 0 Å². The Morgan fingerprint density at radius 3 is 2.71 bits per heavy atom. The highest BCUT2D eigenvalue weighted by Crippen LogP contribution is 2.12. The molecular formula is C10H11BrNO2+. The molecule has 0 bridgehead atoms. The standard InChI is InChI=1S/C10H11BrNO2/c1-10(2,3)14-9(13)7-5-4-6-8(11)12-7/h4-6H,1H2,2-3H3/q+1. The van der Waals surface area contributed by atoms with E-state index in [2.05, 4.69) is 27.8 Å². The molecule has 0 fully saturated rings. The van der Waals surface area contributed by atoms with Gasteiger partial charge in [-0.1, -0.05) is 6.07 Å². The third kappa shape index (κ3) is 3.38. The predicted octanol–water partition coefficient (Wildman–Crippen LogP) is 2.61. The Labute approximate surface area is 91.6 Å². The third-order valence-electron chi connectivity index (χ3n) is 1.29. The van der Waals surface area contributed by atoms with Crippen LogP contribution in [-0.4, -0.2) is 16.6 Å². The summed E-state index contributed by atoms with van der Waals surface area (Å²) in [4.78, 5) is 15.4. The highest BCUT2D eigenvalue weighted by Gasteiger charge is 2.24. The monoisotopic (exact) mass is 256 g/mol. The zero-order valence-electron chi connectivity index (χ0n) is 8.08. The molecule has 0 N–H and O–H groups in total. The predicted molar refractivity (Wildman–Crippen MR) is 56.8 cm³/mol. The number of halogens is 1. The van der Waals surface area contributed by atoms with Crippen LogP contribution in [0, 0.1) is 6.92 Å². The first-order valence-corrected chi connectivity index (χ1v) is 4.89. The number of hydrogen-bond acceptors (Lipinski definition) is 3. The molecule has 1 heterocycles. The molecule has 0 aliphatic carbocycles. The molecule has 1 aromatic rings. The van der Waals surface area contributed by atoms with Gasteiger partial charge in [-0.25, -0.2) is 9.78 Å². The van der Waals surface area contributed by atoms with Crippen LogP contribution in [-0.2, 0) is 4.74 Å². The van der Waals surface area contributed by atoms with Crippen molar-refractivity contribution in [2.24, 2.45) is 0 Å². The first-order chi connectivity index (χ1) is 6.38. The number of aromatic nitrogens is 1. The van der Waals surface area contributed by atoms with Gasteiger partial charge in [0.05, 0.1) is 0 Å². The number of hydrogen-bond donors (Lipinski definition) is 0. The van der Waals surface area contributed by atoms with Crippen LogP contribution in [0.5, 0.6) is 0 Å². The van der Waals surface area contributed by atoms with Crippen molar-refractivity contribution in [2.45, 2.75) is 19.4 Å². The SMILES string of the molecule is [CH2+]C(C)(C)OC(=O)c1cccc(Br)n1. The number of carbonyl (C=O) groups excluding carboxylic acids is 1. The van der Waals surface area contributed by atoms with Crippen LogP contribution in [0.1, 0.15) is 24.3 Å². The van der Waals surface area contributed by atoms with Gasteiger partial charge in [-0.15, -0.1) is 0 Å². The summed E-state index contributed by atoms with van der Waals surface area (Å²) in [6, 6.07) is 5.06. The van der Waals surface area contributed by atoms with Gasteiger partial charge in [0.2, 0.25) is 5.60 Å². The van der Waals surface area contributed by atoms with Gasteiger partial charge in [0, 0.05) is 13.8 Å². The average Bonchev–Trinajstić information content (AvgIpc) is 2.01. The van der Waals surface area contributed by atoms with E-state index < -0.39 is 11.6 Å². The first-order valence-electron chi connectivity index (χ1n) is 4.10. The van der Waals surface area contributed by atoms with E-state index in [0.29, 0.717) is 4.60 Å². The minimum absolute atomic E-state index is 0.274. The summed E-state index contributed by atoms with van der Waals surface area (Å²) in [6.45, 7) is 7.10. The quantitative estimate of drug-likeness (QED) is 0.464. The van der Waals surface area contributed by atoms with E-state index in [9.17, 15) is 4.79 Å². The molecule has 0 aliphatic rings. The fourth-order valence-corrected chi connectivity index (χ4v) is 1.17. The Kier molecular flexibility index (Phi) is 3.16. The number of esters is 1. The van der Waals surface area contributed by atoms with Crippen molar-refractivity contribution >= 4 is 21.9 Å². The molecule has 0 aromatic carbocycles. The fourth-order valence-electron chi connectivity index (χ4n) is 0.825. The van der Waals surface area contributed by atoms with Gasteiger partial charge in [0.25, 0.3) is 0 Å². The van der Waals surface area contributed by atoms with Crippen LogP contribution in [0.3, 0.4) is 0 Å². The molecule has 0 saturated carbocycles. The third-order valence-corrected chi connectivity index (χ3v) is 1.73. The molecular weight excluding hydrogens is 246 g/mol. The summed E-state index contributed by atoms with van der Waals surface area (Å²) in [5, 5.41) is 0. The Hall–Kier alpha value is -1.03. The average molecular weight is 257 g/mol. The minimum Gasteiger partial charge on any atom is -0.414 e. The van der Waals surface area contributed by atoms with Crippen LogP contribution < -0.4 is 0 Å². The van der Waals surface area contributed by atoms with Crippen molar-refractivity contribution in [2.75, 3.05) is 0 Å². The van der Waals surface area contributed by atoms with E-state index in [-0.39, 0.29) is 5.69 Å². The molecule has 0 amide bonds. The van der Waals surface area contributed by atoms with Gasteiger partial charge in [-0.3, -0.25) is 0 Å². The molecule has 0 atom stereocenters. The van der Waals surface area contributed by atoms with Crippen LogP contribution >= 0.6 is 15.9 Å². The molecule has 4 heteroatoms. The Bertz CT molecular complexity index is 344. The molecule has 0 saturated heterocycles. The molecule has 0 spiro atoms. The van der Waals surface area contributed by atoms with Crippen molar-refractivity contribution in [3.63, 3.8) is 0 Å². The zero-order chi connectivity index (χ0) is 10.8. The van der Waals surface area contributed by atoms with Crippen molar-refractivity contribution in [1.29, 1.82) is 0 Å². The summed E-state index contributed by atoms with van der Waals surface area (Å²) in [5.74, 6) is -0.466. The number of carbonyl (C=O) groups is 1. The lowest BCUT2D eigenvalue weighted by Gasteiger charge is -2.12. The molecule has 3 nitrogen and oxygen atoms in total. The van der Waals surface area contributed by atoms with E-state index in [1.165, 1.54) is 0 Å². The van der Waals surface area contributed by atoms with E-state index >= 15 is 0 Å². The van der Waals surface area contributed by atoms with E-state index in [0.717, 1.165) is 0 Å². The molecule has 0 unspecified atom stereocenters. The zero-order valence-corrected chi connectivity index (χ0v) is 9.67. The smallest absolute Gasteiger partial charge is 0.360 e. The van der Waals surface area contributed by atoms with E-state index in [4.69, 9.17) is 4.74 Å². The summed E-state index contributed by atoms with van der Waals surface area (Å²) in [7, 11) is 0. The number of pyridine rings is 1. The Balaban J connectivity index is 2.80. The van der Waals surface area contributed by atoms with Gasteiger partial charge in [-0.05, 0) is 28.1 Å².